The first-order valence-corrected chi connectivity index (χ1v) is 7.90. The van der Waals surface area contributed by atoms with Crippen LogP contribution < -0.4 is 5.32 Å². The summed E-state index contributed by atoms with van der Waals surface area (Å²) in [4.78, 5) is 15.7. The van der Waals surface area contributed by atoms with Crippen LogP contribution in [0.1, 0.15) is 21.7 Å². The Kier molecular flexibility index (Phi) is 5.84. The number of hydrogen-bond donors (Lipinski definition) is 1. The highest BCUT2D eigenvalue weighted by Crippen LogP contribution is 2.25. The number of halogens is 6. The van der Waals surface area contributed by atoms with E-state index in [-0.39, 0.29) is 39.6 Å². The standard InChI is InChI=1S/C14H12F6N4OS/c1-6-3-9(15)10(4-8(6)11(25)21-5-14(18,19)20)24-7(2)22-13(23-24)26-12(16)17/h3-4,12H,5H2,1-2H3,(H,21,25). The van der Waals surface area contributed by atoms with Crippen LogP contribution in [0.25, 0.3) is 5.69 Å². The Morgan fingerprint density at radius 1 is 1.31 bits per heavy atom. The number of thioether (sulfide) groups is 1. The van der Waals surface area contributed by atoms with Crippen molar-refractivity contribution < 1.29 is 31.1 Å². The number of amides is 1. The summed E-state index contributed by atoms with van der Waals surface area (Å²) in [6.45, 7) is 1.18. The van der Waals surface area contributed by atoms with Gasteiger partial charge in [0.05, 0.1) is 0 Å². The first kappa shape index (κ1) is 20.1. The van der Waals surface area contributed by atoms with Crippen molar-refractivity contribution in [2.75, 3.05) is 6.54 Å². The van der Waals surface area contributed by atoms with Gasteiger partial charge in [-0.25, -0.2) is 14.1 Å². The van der Waals surface area contributed by atoms with Crippen LogP contribution in [0, 0.1) is 19.7 Å². The lowest BCUT2D eigenvalue weighted by molar-refractivity contribution is -0.123. The molecule has 1 N–H and O–H groups in total. The number of benzene rings is 1. The zero-order valence-electron chi connectivity index (χ0n) is 13.4. The minimum atomic E-state index is -4.60. The quantitative estimate of drug-likeness (QED) is 0.617. The maximum atomic E-state index is 14.3. The third-order valence-corrected chi connectivity index (χ3v) is 3.72. The molecule has 12 heteroatoms. The fourth-order valence-electron chi connectivity index (χ4n) is 2.07. The fourth-order valence-corrected chi connectivity index (χ4v) is 2.54. The van der Waals surface area contributed by atoms with E-state index in [0.29, 0.717) is 0 Å². The van der Waals surface area contributed by atoms with Gasteiger partial charge in [0, 0.05) is 5.56 Å². The van der Waals surface area contributed by atoms with E-state index in [2.05, 4.69) is 10.1 Å². The molecule has 0 spiro atoms. The van der Waals surface area contributed by atoms with E-state index in [9.17, 15) is 31.1 Å². The molecule has 142 valence electrons. The van der Waals surface area contributed by atoms with Crippen molar-refractivity contribution >= 4 is 17.7 Å². The van der Waals surface area contributed by atoms with E-state index in [1.54, 1.807) is 5.32 Å². The first-order chi connectivity index (χ1) is 12.0. The lowest BCUT2D eigenvalue weighted by atomic mass is 10.1. The first-order valence-electron chi connectivity index (χ1n) is 7.02. The molecule has 2 aromatic rings. The number of aryl methyl sites for hydroxylation is 2. The maximum absolute atomic E-state index is 14.3. The highest BCUT2D eigenvalue weighted by Gasteiger charge is 2.28. The minimum absolute atomic E-state index is 0.0553. The number of rotatable bonds is 5. The van der Waals surface area contributed by atoms with E-state index >= 15 is 0 Å². The van der Waals surface area contributed by atoms with Crippen LogP contribution in [0.5, 0.6) is 0 Å². The zero-order chi connectivity index (χ0) is 19.6. The van der Waals surface area contributed by atoms with Crippen LogP contribution in [0.2, 0.25) is 0 Å². The average molecular weight is 398 g/mol. The Bertz CT molecular complexity index is 820. The highest BCUT2D eigenvalue weighted by atomic mass is 32.2. The van der Waals surface area contributed by atoms with Gasteiger partial charge in [-0.1, -0.05) is 0 Å². The molecule has 0 bridgehead atoms. The Morgan fingerprint density at radius 2 is 1.96 bits per heavy atom. The van der Waals surface area contributed by atoms with Gasteiger partial charge in [-0.05, 0) is 43.3 Å². The molecular formula is C14H12F6N4OS. The number of carbonyl (C=O) groups is 1. The molecule has 2 rings (SSSR count). The fraction of sp³-hybridized carbons (Fsp3) is 0.357. The molecule has 26 heavy (non-hydrogen) atoms. The molecule has 0 radical (unpaired) electrons. The summed E-state index contributed by atoms with van der Waals surface area (Å²) in [6, 6.07) is 1.94. The second-order valence-electron chi connectivity index (χ2n) is 5.15. The van der Waals surface area contributed by atoms with E-state index in [1.165, 1.54) is 13.8 Å². The number of nitrogens with one attached hydrogen (secondary N) is 1. The molecule has 0 unspecified atom stereocenters. The topological polar surface area (TPSA) is 59.8 Å². The summed E-state index contributed by atoms with van der Waals surface area (Å²) >= 11 is 0.0553. The van der Waals surface area contributed by atoms with Crippen LogP contribution in [0.3, 0.4) is 0 Å². The Morgan fingerprint density at radius 3 is 2.54 bits per heavy atom. The van der Waals surface area contributed by atoms with E-state index in [4.69, 9.17) is 0 Å². The predicted octanol–water partition coefficient (Wildman–Crippen LogP) is 3.63. The van der Waals surface area contributed by atoms with E-state index in [1.807, 2.05) is 0 Å². The number of hydrogen-bond acceptors (Lipinski definition) is 4. The van der Waals surface area contributed by atoms with Gasteiger partial charge in [-0.15, -0.1) is 5.10 Å². The largest absolute Gasteiger partial charge is 0.405 e. The van der Waals surface area contributed by atoms with Gasteiger partial charge < -0.3 is 5.32 Å². The molecule has 0 aliphatic carbocycles. The minimum Gasteiger partial charge on any atom is -0.343 e. The molecular weight excluding hydrogens is 386 g/mol. The Balaban J connectivity index is 2.39. The van der Waals surface area contributed by atoms with Crippen LogP contribution in [-0.4, -0.2) is 39.2 Å². The van der Waals surface area contributed by atoms with Crippen LogP contribution in [0.4, 0.5) is 26.3 Å². The number of nitrogens with zero attached hydrogens (tertiary/aromatic N) is 3. The van der Waals surface area contributed by atoms with Gasteiger partial charge in [0.25, 0.3) is 11.7 Å². The van der Waals surface area contributed by atoms with Crippen molar-refractivity contribution in [3.63, 3.8) is 0 Å². The van der Waals surface area contributed by atoms with E-state index < -0.39 is 30.2 Å². The van der Waals surface area contributed by atoms with Gasteiger partial charge >= 0.3 is 6.18 Å². The summed E-state index contributed by atoms with van der Waals surface area (Å²) in [5.41, 5.74) is -0.395. The lowest BCUT2D eigenvalue weighted by Gasteiger charge is -2.12. The van der Waals surface area contributed by atoms with Crippen molar-refractivity contribution in [3.05, 3.63) is 34.9 Å². The van der Waals surface area contributed by atoms with Crippen molar-refractivity contribution in [2.24, 2.45) is 0 Å². The molecule has 0 saturated carbocycles. The van der Waals surface area contributed by atoms with Gasteiger partial charge in [0.15, 0.2) is 0 Å². The number of aromatic nitrogens is 3. The molecule has 0 aliphatic rings. The van der Waals surface area contributed by atoms with Crippen molar-refractivity contribution in [1.29, 1.82) is 0 Å². The Hall–Kier alpha value is -2.24. The third-order valence-electron chi connectivity index (χ3n) is 3.16. The van der Waals surface area contributed by atoms with Crippen molar-refractivity contribution in [3.8, 4) is 5.69 Å². The molecule has 0 atom stereocenters. The predicted molar refractivity (Wildman–Crippen MR) is 81.0 cm³/mol. The molecule has 0 saturated heterocycles. The third kappa shape index (κ3) is 4.90. The number of alkyl halides is 5. The maximum Gasteiger partial charge on any atom is 0.405 e. The normalized spacial score (nSPS) is 11.9. The second-order valence-corrected chi connectivity index (χ2v) is 6.11. The summed E-state index contributed by atoms with van der Waals surface area (Å²) in [7, 11) is 0. The van der Waals surface area contributed by atoms with E-state index in [0.717, 1.165) is 16.8 Å². The molecule has 0 fully saturated rings. The Labute approximate surface area is 147 Å². The van der Waals surface area contributed by atoms with Crippen molar-refractivity contribution in [2.45, 2.75) is 30.9 Å². The summed E-state index contributed by atoms with van der Waals surface area (Å²) < 4.78 is 76.7. The molecule has 1 heterocycles. The van der Waals surface area contributed by atoms with Crippen LogP contribution >= 0.6 is 11.8 Å². The number of carbonyl (C=O) groups excluding carboxylic acids is 1. The van der Waals surface area contributed by atoms with Crippen molar-refractivity contribution in [1.82, 2.24) is 20.1 Å². The second kappa shape index (κ2) is 7.56. The smallest absolute Gasteiger partial charge is 0.343 e. The molecule has 1 amide bonds. The summed E-state index contributed by atoms with van der Waals surface area (Å²) in [6.07, 6.45) is -4.60. The van der Waals surface area contributed by atoms with Gasteiger partial charge in [-0.2, -0.15) is 22.0 Å². The molecule has 1 aromatic heterocycles. The van der Waals surface area contributed by atoms with Crippen LogP contribution in [-0.2, 0) is 0 Å². The SMILES string of the molecule is Cc1cc(F)c(-n2nc(SC(F)F)nc2C)cc1C(=O)NCC(F)(F)F. The molecule has 5 nitrogen and oxygen atoms in total. The van der Waals surface area contributed by atoms with Gasteiger partial charge in [0.2, 0.25) is 5.16 Å². The summed E-state index contributed by atoms with van der Waals surface area (Å²) in [5, 5.41) is 5.12. The average Bonchev–Trinajstić information content (AvgIpc) is 2.83. The molecule has 1 aromatic carbocycles. The summed E-state index contributed by atoms with van der Waals surface area (Å²) in [5.74, 6) is -4.60. The highest BCUT2D eigenvalue weighted by molar-refractivity contribution is 7.99. The zero-order valence-corrected chi connectivity index (χ0v) is 14.2. The molecule has 0 aliphatic heterocycles. The lowest BCUT2D eigenvalue weighted by Crippen LogP contribution is -2.34. The van der Waals surface area contributed by atoms with Crippen LogP contribution in [0.15, 0.2) is 17.3 Å². The van der Waals surface area contributed by atoms with Gasteiger partial charge in [-0.3, -0.25) is 4.79 Å². The van der Waals surface area contributed by atoms with Gasteiger partial charge in [0.1, 0.15) is 23.9 Å². The monoisotopic (exact) mass is 398 g/mol.